The van der Waals surface area contributed by atoms with Gasteiger partial charge in [-0.2, -0.15) is 0 Å². The predicted molar refractivity (Wildman–Crippen MR) is 92.6 cm³/mol. The third-order valence-electron chi connectivity index (χ3n) is 5.76. The fourth-order valence-corrected chi connectivity index (χ4v) is 4.50. The molecule has 0 aliphatic heterocycles. The lowest BCUT2D eigenvalue weighted by Gasteiger charge is -2.26. The van der Waals surface area contributed by atoms with E-state index in [0.29, 0.717) is 11.6 Å². The third-order valence-corrected chi connectivity index (χ3v) is 5.76. The standard InChI is InChI=1S/C20H26N2O/c21-19-13-23-22-20(19)18-9-5-8-16-12-15(10-11-17(16)18)14-6-3-1-2-4-7-14/h10-14,18H,1-9,21H2. The zero-order valence-electron chi connectivity index (χ0n) is 13.8. The van der Waals surface area contributed by atoms with E-state index in [-0.39, 0.29) is 0 Å². The van der Waals surface area contributed by atoms with Crippen molar-refractivity contribution >= 4 is 5.69 Å². The molecule has 2 aliphatic rings. The molecule has 1 fully saturated rings. The van der Waals surface area contributed by atoms with Crippen LogP contribution in [0.2, 0.25) is 0 Å². The molecular weight excluding hydrogens is 284 g/mol. The molecule has 0 amide bonds. The lowest BCUT2D eigenvalue weighted by atomic mass is 9.78. The van der Waals surface area contributed by atoms with Crippen LogP contribution in [0.15, 0.2) is 29.0 Å². The number of fused-ring (bicyclic) bond motifs is 1. The van der Waals surface area contributed by atoms with Crippen molar-refractivity contribution in [2.24, 2.45) is 0 Å². The Hall–Kier alpha value is -1.77. The van der Waals surface area contributed by atoms with Crippen molar-refractivity contribution in [1.82, 2.24) is 5.16 Å². The second kappa shape index (κ2) is 6.38. The van der Waals surface area contributed by atoms with Gasteiger partial charge in [0.25, 0.3) is 0 Å². The summed E-state index contributed by atoms with van der Waals surface area (Å²) in [5.74, 6) is 1.07. The fraction of sp³-hybridized carbons (Fsp3) is 0.550. The summed E-state index contributed by atoms with van der Waals surface area (Å²) in [6.45, 7) is 0. The largest absolute Gasteiger partial charge is 0.395 e. The molecule has 0 spiro atoms. The number of nitrogens with zero attached hydrogens (tertiary/aromatic N) is 1. The highest BCUT2D eigenvalue weighted by atomic mass is 16.5. The van der Waals surface area contributed by atoms with Crippen LogP contribution in [0.3, 0.4) is 0 Å². The Morgan fingerprint density at radius 1 is 1.00 bits per heavy atom. The van der Waals surface area contributed by atoms with E-state index in [4.69, 9.17) is 10.3 Å². The van der Waals surface area contributed by atoms with Crippen LogP contribution in [-0.4, -0.2) is 5.16 Å². The molecule has 2 aromatic rings. The Morgan fingerprint density at radius 3 is 2.57 bits per heavy atom. The number of nitrogen functional groups attached to an aromatic ring is 1. The van der Waals surface area contributed by atoms with Crippen LogP contribution in [0.5, 0.6) is 0 Å². The maximum absolute atomic E-state index is 6.04. The van der Waals surface area contributed by atoms with Crippen molar-refractivity contribution in [3.8, 4) is 0 Å². The van der Waals surface area contributed by atoms with Gasteiger partial charge in [-0.05, 0) is 54.7 Å². The first-order valence-corrected chi connectivity index (χ1v) is 9.15. The molecular formula is C20H26N2O. The molecule has 0 bridgehead atoms. The molecule has 1 saturated carbocycles. The molecule has 122 valence electrons. The molecule has 1 atom stereocenters. The average Bonchev–Trinajstić information content (AvgIpc) is 2.84. The quantitative estimate of drug-likeness (QED) is 0.779. The number of rotatable bonds is 2. The molecule has 2 aliphatic carbocycles. The first-order valence-electron chi connectivity index (χ1n) is 9.15. The number of anilines is 1. The zero-order valence-corrected chi connectivity index (χ0v) is 13.8. The third kappa shape index (κ3) is 2.89. The van der Waals surface area contributed by atoms with Gasteiger partial charge >= 0.3 is 0 Å². The molecule has 4 rings (SSSR count). The van der Waals surface area contributed by atoms with E-state index in [1.165, 1.54) is 62.5 Å². The first kappa shape index (κ1) is 14.8. The summed E-state index contributed by atoms with van der Waals surface area (Å²) in [7, 11) is 0. The highest BCUT2D eigenvalue weighted by molar-refractivity contribution is 5.49. The van der Waals surface area contributed by atoms with E-state index in [1.54, 1.807) is 11.8 Å². The topological polar surface area (TPSA) is 52.0 Å². The summed E-state index contributed by atoms with van der Waals surface area (Å²) >= 11 is 0. The average molecular weight is 310 g/mol. The van der Waals surface area contributed by atoms with Crippen LogP contribution in [-0.2, 0) is 6.42 Å². The monoisotopic (exact) mass is 310 g/mol. The van der Waals surface area contributed by atoms with Crippen molar-refractivity contribution in [3.05, 3.63) is 46.8 Å². The molecule has 3 nitrogen and oxygen atoms in total. The Morgan fingerprint density at radius 2 is 1.83 bits per heavy atom. The van der Waals surface area contributed by atoms with Gasteiger partial charge in [-0.1, -0.05) is 49.0 Å². The van der Waals surface area contributed by atoms with E-state index in [9.17, 15) is 0 Å². The number of hydrogen-bond donors (Lipinski definition) is 1. The highest BCUT2D eigenvalue weighted by Crippen LogP contribution is 2.40. The molecule has 1 heterocycles. The first-order chi connectivity index (χ1) is 11.3. The van der Waals surface area contributed by atoms with Crippen LogP contribution in [0.25, 0.3) is 0 Å². The number of aryl methyl sites for hydroxylation is 1. The van der Waals surface area contributed by atoms with E-state index >= 15 is 0 Å². The summed E-state index contributed by atoms with van der Waals surface area (Å²) in [4.78, 5) is 0. The van der Waals surface area contributed by atoms with Crippen LogP contribution in [0, 0.1) is 0 Å². The van der Waals surface area contributed by atoms with Gasteiger partial charge in [-0.15, -0.1) is 0 Å². The summed E-state index contributed by atoms with van der Waals surface area (Å²) in [5.41, 5.74) is 12.1. The molecule has 3 heteroatoms. The minimum absolute atomic E-state index is 0.306. The van der Waals surface area contributed by atoms with Gasteiger partial charge in [0.1, 0.15) is 12.0 Å². The van der Waals surface area contributed by atoms with Crippen molar-refractivity contribution < 1.29 is 4.52 Å². The van der Waals surface area contributed by atoms with Crippen LogP contribution in [0.4, 0.5) is 5.69 Å². The van der Waals surface area contributed by atoms with Gasteiger partial charge in [-0.3, -0.25) is 0 Å². The van der Waals surface area contributed by atoms with Crippen LogP contribution in [0.1, 0.15) is 85.6 Å². The second-order valence-corrected chi connectivity index (χ2v) is 7.25. The molecule has 23 heavy (non-hydrogen) atoms. The van der Waals surface area contributed by atoms with E-state index in [2.05, 4.69) is 23.4 Å². The second-order valence-electron chi connectivity index (χ2n) is 7.25. The van der Waals surface area contributed by atoms with Gasteiger partial charge in [0.15, 0.2) is 0 Å². The Labute approximate surface area is 138 Å². The minimum atomic E-state index is 0.306. The maximum Gasteiger partial charge on any atom is 0.147 e. The molecule has 0 saturated heterocycles. The molecule has 0 radical (unpaired) electrons. The van der Waals surface area contributed by atoms with E-state index in [1.807, 2.05) is 0 Å². The molecule has 2 N–H and O–H groups in total. The SMILES string of the molecule is Nc1conc1C1CCCc2cc(C3CCCCCC3)ccc21. The Kier molecular flexibility index (Phi) is 4.11. The van der Waals surface area contributed by atoms with Crippen molar-refractivity contribution in [3.63, 3.8) is 0 Å². The number of aromatic nitrogens is 1. The van der Waals surface area contributed by atoms with Crippen LogP contribution < -0.4 is 5.73 Å². The highest BCUT2D eigenvalue weighted by Gasteiger charge is 2.27. The minimum Gasteiger partial charge on any atom is -0.395 e. The molecule has 1 unspecified atom stereocenters. The lowest BCUT2D eigenvalue weighted by molar-refractivity contribution is 0.404. The maximum atomic E-state index is 6.04. The normalized spacial score (nSPS) is 22.5. The summed E-state index contributed by atoms with van der Waals surface area (Å²) < 4.78 is 5.07. The number of nitrogens with two attached hydrogens (primary N) is 1. The lowest BCUT2D eigenvalue weighted by Crippen LogP contribution is -2.13. The van der Waals surface area contributed by atoms with Crippen molar-refractivity contribution in [2.75, 3.05) is 5.73 Å². The van der Waals surface area contributed by atoms with Crippen molar-refractivity contribution in [2.45, 2.75) is 69.6 Å². The van der Waals surface area contributed by atoms with Gasteiger partial charge < -0.3 is 10.3 Å². The van der Waals surface area contributed by atoms with Gasteiger partial charge in [0.2, 0.25) is 0 Å². The molecule has 1 aromatic carbocycles. The van der Waals surface area contributed by atoms with Gasteiger partial charge in [0.05, 0.1) is 5.69 Å². The Bertz CT molecular complexity index is 668. The molecule has 1 aromatic heterocycles. The van der Waals surface area contributed by atoms with E-state index in [0.717, 1.165) is 18.0 Å². The summed E-state index contributed by atoms with van der Waals surface area (Å²) in [5, 5.41) is 4.16. The summed E-state index contributed by atoms with van der Waals surface area (Å²) in [6, 6.07) is 7.19. The zero-order chi connectivity index (χ0) is 15.6. The van der Waals surface area contributed by atoms with E-state index < -0.39 is 0 Å². The Balaban J connectivity index is 1.65. The van der Waals surface area contributed by atoms with Gasteiger partial charge in [-0.25, -0.2) is 0 Å². The van der Waals surface area contributed by atoms with Crippen molar-refractivity contribution in [1.29, 1.82) is 0 Å². The van der Waals surface area contributed by atoms with Crippen LogP contribution >= 0.6 is 0 Å². The van der Waals surface area contributed by atoms with Gasteiger partial charge in [0, 0.05) is 5.92 Å². The number of benzene rings is 1. The fourth-order valence-electron chi connectivity index (χ4n) is 4.50. The smallest absolute Gasteiger partial charge is 0.147 e. The summed E-state index contributed by atoms with van der Waals surface area (Å²) in [6.07, 6.45) is 13.4. The predicted octanol–water partition coefficient (Wildman–Crippen LogP) is 5.16. The number of hydrogen-bond acceptors (Lipinski definition) is 3.